The van der Waals surface area contributed by atoms with E-state index in [0.29, 0.717) is 29.0 Å². The SMILES string of the molecule is CC(C)C(C)CNC(=O)c1ccc(Cl)cc1Br. The molecule has 0 aromatic heterocycles. The summed E-state index contributed by atoms with van der Waals surface area (Å²) in [6.45, 7) is 7.11. The van der Waals surface area contributed by atoms with Crippen molar-refractivity contribution in [3.05, 3.63) is 33.3 Å². The quantitative estimate of drug-likeness (QED) is 0.889. The molecule has 0 saturated carbocycles. The molecule has 0 bridgehead atoms. The summed E-state index contributed by atoms with van der Waals surface area (Å²) in [5.74, 6) is 0.954. The number of carbonyl (C=O) groups excluding carboxylic acids is 1. The summed E-state index contributed by atoms with van der Waals surface area (Å²) in [4.78, 5) is 11.9. The van der Waals surface area contributed by atoms with Gasteiger partial charge in [-0.3, -0.25) is 4.79 Å². The van der Waals surface area contributed by atoms with Crippen LogP contribution in [-0.4, -0.2) is 12.5 Å². The average Bonchev–Trinajstić information content (AvgIpc) is 2.25. The molecule has 1 atom stereocenters. The molecule has 1 rings (SSSR count). The van der Waals surface area contributed by atoms with Crippen LogP contribution >= 0.6 is 27.5 Å². The standard InChI is InChI=1S/C13H17BrClNO/c1-8(2)9(3)7-16-13(17)11-5-4-10(15)6-12(11)14/h4-6,8-9H,7H2,1-3H3,(H,16,17). The number of amides is 1. The van der Waals surface area contributed by atoms with Crippen LogP contribution in [0, 0.1) is 11.8 Å². The van der Waals surface area contributed by atoms with Crippen molar-refractivity contribution in [2.45, 2.75) is 20.8 Å². The van der Waals surface area contributed by atoms with Crippen LogP contribution in [0.15, 0.2) is 22.7 Å². The first-order valence-corrected chi connectivity index (χ1v) is 6.82. The second kappa shape index (κ2) is 6.41. The molecule has 1 unspecified atom stereocenters. The summed E-state index contributed by atoms with van der Waals surface area (Å²) in [5.41, 5.74) is 0.616. The van der Waals surface area contributed by atoms with Gasteiger partial charge in [-0.2, -0.15) is 0 Å². The highest BCUT2D eigenvalue weighted by Gasteiger charge is 2.12. The van der Waals surface area contributed by atoms with Crippen molar-refractivity contribution in [3.63, 3.8) is 0 Å². The number of hydrogen-bond donors (Lipinski definition) is 1. The second-order valence-electron chi connectivity index (χ2n) is 4.56. The topological polar surface area (TPSA) is 29.1 Å². The molecule has 1 aromatic rings. The van der Waals surface area contributed by atoms with Gasteiger partial charge in [0.05, 0.1) is 5.56 Å². The molecular formula is C13H17BrClNO. The molecule has 1 aromatic carbocycles. The maximum atomic E-state index is 11.9. The Balaban J connectivity index is 2.64. The molecule has 1 amide bonds. The summed E-state index contributed by atoms with van der Waals surface area (Å²) in [6.07, 6.45) is 0. The normalized spacial score (nSPS) is 12.6. The molecule has 4 heteroatoms. The maximum Gasteiger partial charge on any atom is 0.252 e. The lowest BCUT2D eigenvalue weighted by Gasteiger charge is -2.16. The molecule has 0 saturated heterocycles. The van der Waals surface area contributed by atoms with Crippen LogP contribution in [0.4, 0.5) is 0 Å². The minimum absolute atomic E-state index is 0.0685. The maximum absolute atomic E-state index is 11.9. The van der Waals surface area contributed by atoms with Gasteiger partial charge in [0.2, 0.25) is 0 Å². The first-order valence-electron chi connectivity index (χ1n) is 5.65. The number of benzene rings is 1. The smallest absolute Gasteiger partial charge is 0.252 e. The Kier molecular flexibility index (Phi) is 5.47. The van der Waals surface area contributed by atoms with E-state index >= 15 is 0 Å². The Morgan fingerprint density at radius 1 is 1.41 bits per heavy atom. The Bertz CT molecular complexity index is 406. The fourth-order valence-electron chi connectivity index (χ4n) is 1.26. The molecule has 1 N–H and O–H groups in total. The Morgan fingerprint density at radius 3 is 2.59 bits per heavy atom. The van der Waals surface area contributed by atoms with E-state index in [0.717, 1.165) is 4.47 Å². The third-order valence-electron chi connectivity index (χ3n) is 2.90. The lowest BCUT2D eigenvalue weighted by atomic mass is 9.98. The van der Waals surface area contributed by atoms with Gasteiger partial charge in [-0.25, -0.2) is 0 Å². The van der Waals surface area contributed by atoms with Gasteiger partial charge in [0.15, 0.2) is 0 Å². The van der Waals surface area contributed by atoms with Gasteiger partial charge in [0, 0.05) is 16.0 Å². The second-order valence-corrected chi connectivity index (χ2v) is 5.85. The monoisotopic (exact) mass is 317 g/mol. The summed E-state index contributed by atoms with van der Waals surface area (Å²) in [7, 11) is 0. The van der Waals surface area contributed by atoms with Crippen LogP contribution < -0.4 is 5.32 Å². The largest absolute Gasteiger partial charge is 0.352 e. The van der Waals surface area contributed by atoms with E-state index in [-0.39, 0.29) is 5.91 Å². The Hall–Kier alpha value is -0.540. The predicted molar refractivity (Wildman–Crippen MR) is 75.5 cm³/mol. The van der Waals surface area contributed by atoms with Crippen LogP contribution in [0.1, 0.15) is 31.1 Å². The molecular weight excluding hydrogens is 302 g/mol. The molecule has 2 nitrogen and oxygen atoms in total. The Morgan fingerprint density at radius 2 is 2.06 bits per heavy atom. The van der Waals surface area contributed by atoms with Gasteiger partial charge in [-0.05, 0) is 46.0 Å². The molecule has 94 valence electrons. The lowest BCUT2D eigenvalue weighted by molar-refractivity contribution is 0.0944. The Labute approximate surface area is 116 Å². The summed E-state index contributed by atoms with van der Waals surface area (Å²) >= 11 is 9.17. The van der Waals surface area contributed by atoms with Crippen LogP contribution in [0.25, 0.3) is 0 Å². The van der Waals surface area contributed by atoms with E-state index in [1.54, 1.807) is 18.2 Å². The van der Waals surface area contributed by atoms with E-state index in [1.807, 2.05) is 0 Å². The molecule has 0 spiro atoms. The third-order valence-corrected chi connectivity index (χ3v) is 3.79. The van der Waals surface area contributed by atoms with Crippen LogP contribution in [0.2, 0.25) is 5.02 Å². The zero-order valence-corrected chi connectivity index (χ0v) is 12.6. The van der Waals surface area contributed by atoms with Gasteiger partial charge in [-0.1, -0.05) is 32.4 Å². The molecule has 0 aliphatic heterocycles. The number of rotatable bonds is 4. The minimum Gasteiger partial charge on any atom is -0.352 e. The van der Waals surface area contributed by atoms with Crippen molar-refractivity contribution >= 4 is 33.4 Å². The molecule has 0 fully saturated rings. The van der Waals surface area contributed by atoms with Crippen molar-refractivity contribution in [2.75, 3.05) is 6.54 Å². The highest BCUT2D eigenvalue weighted by atomic mass is 79.9. The fraction of sp³-hybridized carbons (Fsp3) is 0.462. The third kappa shape index (κ3) is 4.32. The van der Waals surface area contributed by atoms with Crippen molar-refractivity contribution < 1.29 is 4.79 Å². The van der Waals surface area contributed by atoms with Crippen LogP contribution in [0.3, 0.4) is 0 Å². The van der Waals surface area contributed by atoms with Crippen LogP contribution in [-0.2, 0) is 0 Å². The molecule has 0 aliphatic rings. The minimum atomic E-state index is -0.0685. The van der Waals surface area contributed by atoms with Gasteiger partial charge >= 0.3 is 0 Å². The summed E-state index contributed by atoms with van der Waals surface area (Å²) in [5, 5.41) is 3.54. The van der Waals surface area contributed by atoms with Crippen molar-refractivity contribution in [3.8, 4) is 0 Å². The van der Waals surface area contributed by atoms with Crippen LogP contribution in [0.5, 0.6) is 0 Å². The highest BCUT2D eigenvalue weighted by Crippen LogP contribution is 2.21. The van der Waals surface area contributed by atoms with E-state index < -0.39 is 0 Å². The lowest BCUT2D eigenvalue weighted by Crippen LogP contribution is -2.30. The van der Waals surface area contributed by atoms with E-state index in [4.69, 9.17) is 11.6 Å². The number of halogens is 2. The molecule has 17 heavy (non-hydrogen) atoms. The molecule has 0 aliphatic carbocycles. The fourth-order valence-corrected chi connectivity index (χ4v) is 2.12. The summed E-state index contributed by atoms with van der Waals surface area (Å²) in [6, 6.07) is 5.16. The number of nitrogens with one attached hydrogen (secondary N) is 1. The number of hydrogen-bond acceptors (Lipinski definition) is 1. The predicted octanol–water partition coefficient (Wildman–Crippen LogP) is 4.12. The van der Waals surface area contributed by atoms with Gasteiger partial charge in [0.25, 0.3) is 5.91 Å². The zero-order valence-electron chi connectivity index (χ0n) is 10.3. The summed E-state index contributed by atoms with van der Waals surface area (Å²) < 4.78 is 0.722. The van der Waals surface area contributed by atoms with Gasteiger partial charge in [-0.15, -0.1) is 0 Å². The van der Waals surface area contributed by atoms with E-state index in [9.17, 15) is 4.79 Å². The zero-order chi connectivity index (χ0) is 13.0. The molecule has 0 heterocycles. The van der Waals surface area contributed by atoms with Crippen molar-refractivity contribution in [1.29, 1.82) is 0 Å². The first-order chi connectivity index (χ1) is 7.91. The van der Waals surface area contributed by atoms with Gasteiger partial charge in [0.1, 0.15) is 0 Å². The molecule has 0 radical (unpaired) electrons. The van der Waals surface area contributed by atoms with E-state index in [1.165, 1.54) is 0 Å². The highest BCUT2D eigenvalue weighted by molar-refractivity contribution is 9.10. The van der Waals surface area contributed by atoms with Gasteiger partial charge < -0.3 is 5.32 Å². The first kappa shape index (κ1) is 14.5. The van der Waals surface area contributed by atoms with Crippen molar-refractivity contribution in [1.82, 2.24) is 5.32 Å². The van der Waals surface area contributed by atoms with E-state index in [2.05, 4.69) is 42.0 Å². The average molecular weight is 319 g/mol. The van der Waals surface area contributed by atoms with Crippen molar-refractivity contribution in [2.24, 2.45) is 11.8 Å². The number of carbonyl (C=O) groups is 1.